The largest absolute Gasteiger partial charge is 0.494 e. The van der Waals surface area contributed by atoms with Gasteiger partial charge >= 0.3 is 0 Å². The van der Waals surface area contributed by atoms with Gasteiger partial charge in [-0.05, 0) is 42.8 Å². The molecule has 0 unspecified atom stereocenters. The second-order valence-corrected chi connectivity index (χ2v) is 6.52. The molecule has 2 aromatic carbocycles. The molecule has 6 heteroatoms. The molecule has 0 radical (unpaired) electrons. The molecule has 25 heavy (non-hydrogen) atoms. The van der Waals surface area contributed by atoms with Crippen LogP contribution in [0, 0.1) is 0 Å². The van der Waals surface area contributed by atoms with Crippen LogP contribution in [0.4, 0.5) is 5.13 Å². The van der Waals surface area contributed by atoms with Crippen LogP contribution in [0.15, 0.2) is 48.5 Å². The molecule has 1 N–H and O–H groups in total. The first-order chi connectivity index (χ1) is 11.8. The fourth-order valence-corrected chi connectivity index (χ4v) is 3.14. The fraction of sp³-hybridized carbons (Fsp3) is 0.263. The van der Waals surface area contributed by atoms with Gasteiger partial charge < -0.3 is 10.1 Å². The average Bonchev–Trinajstić information content (AvgIpc) is 3.03. The van der Waals surface area contributed by atoms with Crippen molar-refractivity contribution in [3.05, 3.63) is 54.1 Å². The topological polar surface area (TPSA) is 51.2 Å². The van der Waals surface area contributed by atoms with E-state index in [0.717, 1.165) is 33.9 Å². The normalized spacial score (nSPS) is 10.3. The van der Waals surface area contributed by atoms with Crippen molar-refractivity contribution in [2.24, 2.45) is 0 Å². The van der Waals surface area contributed by atoms with Crippen LogP contribution in [0.5, 0.6) is 5.75 Å². The minimum Gasteiger partial charge on any atom is -0.494 e. The van der Waals surface area contributed by atoms with E-state index in [4.69, 9.17) is 4.74 Å². The average molecular weight is 421 g/mol. The van der Waals surface area contributed by atoms with E-state index >= 15 is 0 Å². The highest BCUT2D eigenvalue weighted by Crippen LogP contribution is 2.25. The number of nitrogens with one attached hydrogen (secondary N) is 1. The molecule has 1 heterocycles. The first kappa shape index (κ1) is 19.4. The number of benzene rings is 2. The van der Waals surface area contributed by atoms with E-state index in [1.54, 1.807) is 11.3 Å². The number of hydrogen-bond acceptors (Lipinski definition) is 5. The summed E-state index contributed by atoms with van der Waals surface area (Å²) in [5, 5.41) is 3.88. The van der Waals surface area contributed by atoms with Gasteiger partial charge in [0.1, 0.15) is 5.75 Å². The molecule has 132 valence electrons. The Morgan fingerprint density at radius 1 is 1.16 bits per heavy atom. The lowest BCUT2D eigenvalue weighted by Crippen LogP contribution is -2.13. The molecule has 0 aliphatic carbocycles. The van der Waals surface area contributed by atoms with Crippen LogP contribution in [-0.4, -0.2) is 23.9 Å². The summed E-state index contributed by atoms with van der Waals surface area (Å²) in [7, 11) is 0. The molecule has 0 fully saturated rings. The van der Waals surface area contributed by atoms with Crippen molar-refractivity contribution in [2.45, 2.75) is 19.8 Å². The second kappa shape index (κ2) is 9.53. The van der Waals surface area contributed by atoms with Crippen molar-refractivity contribution < 1.29 is 9.53 Å². The summed E-state index contributed by atoms with van der Waals surface area (Å²) in [5.41, 5.74) is 1.62. The maximum absolute atomic E-state index is 12.3. The number of anilines is 1. The van der Waals surface area contributed by atoms with Crippen LogP contribution in [-0.2, 0) is 0 Å². The van der Waals surface area contributed by atoms with Gasteiger partial charge in [0, 0.05) is 5.56 Å². The van der Waals surface area contributed by atoms with E-state index in [-0.39, 0.29) is 29.3 Å². The summed E-state index contributed by atoms with van der Waals surface area (Å²) in [6.07, 6.45) is 2.14. The number of para-hydroxylation sites is 1. The number of carbonyl (C=O) groups excluding carboxylic acids is 1. The Labute approximate surface area is 162 Å². The highest BCUT2D eigenvalue weighted by Gasteiger charge is 2.08. The molecule has 0 spiro atoms. The Balaban J connectivity index is 0.00000225. The summed E-state index contributed by atoms with van der Waals surface area (Å²) in [6, 6.07) is 15.3. The number of Topliss-reactive ketones (excluding diaryl/α,β-unsaturated/α-hetero) is 1. The van der Waals surface area contributed by atoms with E-state index in [1.807, 2.05) is 48.5 Å². The number of rotatable bonds is 8. The van der Waals surface area contributed by atoms with Crippen LogP contribution in [0.1, 0.15) is 30.1 Å². The van der Waals surface area contributed by atoms with E-state index in [9.17, 15) is 4.79 Å². The van der Waals surface area contributed by atoms with Crippen LogP contribution < -0.4 is 10.1 Å². The number of hydrogen-bond donors (Lipinski definition) is 1. The first-order valence-corrected chi connectivity index (χ1v) is 8.93. The van der Waals surface area contributed by atoms with Gasteiger partial charge in [-0.3, -0.25) is 4.79 Å². The summed E-state index contributed by atoms with van der Waals surface area (Å²) in [5.74, 6) is 0.841. The minimum absolute atomic E-state index is 0. The number of nitrogens with zero attached hydrogens (tertiary/aromatic N) is 1. The van der Waals surface area contributed by atoms with Gasteiger partial charge in [-0.1, -0.05) is 36.8 Å². The summed E-state index contributed by atoms with van der Waals surface area (Å²) >= 11 is 1.55. The number of aromatic nitrogens is 1. The van der Waals surface area contributed by atoms with Crippen LogP contribution in [0.25, 0.3) is 10.2 Å². The second-order valence-electron chi connectivity index (χ2n) is 5.49. The maximum Gasteiger partial charge on any atom is 0.184 e. The number of thiazole rings is 1. The zero-order chi connectivity index (χ0) is 16.8. The third-order valence-corrected chi connectivity index (χ3v) is 4.63. The molecule has 0 saturated carbocycles. The number of carbonyl (C=O) groups is 1. The lowest BCUT2D eigenvalue weighted by atomic mass is 10.1. The molecule has 1 aromatic heterocycles. The third kappa shape index (κ3) is 5.28. The number of ether oxygens (including phenoxy) is 1. The van der Waals surface area contributed by atoms with Gasteiger partial charge in [-0.2, -0.15) is 0 Å². The molecule has 4 nitrogen and oxygen atoms in total. The predicted octanol–water partition coefficient (Wildman–Crippen LogP) is 5.35. The van der Waals surface area contributed by atoms with E-state index in [1.165, 1.54) is 0 Å². The number of halogens is 1. The molecule has 0 amide bonds. The number of ketones is 1. The molecule has 0 saturated heterocycles. The van der Waals surface area contributed by atoms with Gasteiger partial charge in [0.2, 0.25) is 0 Å². The smallest absolute Gasteiger partial charge is 0.184 e. The minimum atomic E-state index is 0. The zero-order valence-corrected chi connectivity index (χ0v) is 16.6. The Hall–Kier alpha value is -1.92. The number of unbranched alkanes of at least 4 members (excludes halogenated alkanes) is 1. The summed E-state index contributed by atoms with van der Waals surface area (Å²) < 4.78 is 6.72. The van der Waals surface area contributed by atoms with Crippen molar-refractivity contribution in [3.8, 4) is 5.75 Å². The molecule has 0 aliphatic rings. The summed E-state index contributed by atoms with van der Waals surface area (Å²) in [4.78, 5) is 16.7. The molecular formula is C19H21BrN2O2S. The van der Waals surface area contributed by atoms with Crippen molar-refractivity contribution in [1.82, 2.24) is 4.98 Å². The Morgan fingerprint density at radius 2 is 1.92 bits per heavy atom. The lowest BCUT2D eigenvalue weighted by molar-refractivity contribution is 0.101. The highest BCUT2D eigenvalue weighted by atomic mass is 79.9. The van der Waals surface area contributed by atoms with Crippen molar-refractivity contribution in [2.75, 3.05) is 18.5 Å². The Kier molecular flexibility index (Phi) is 7.40. The van der Waals surface area contributed by atoms with Crippen LogP contribution in [0.2, 0.25) is 0 Å². The highest BCUT2D eigenvalue weighted by molar-refractivity contribution is 8.93. The Morgan fingerprint density at radius 3 is 2.64 bits per heavy atom. The molecule has 3 rings (SSSR count). The monoisotopic (exact) mass is 420 g/mol. The van der Waals surface area contributed by atoms with Gasteiger partial charge in [0.05, 0.1) is 23.4 Å². The predicted molar refractivity (Wildman–Crippen MR) is 110 cm³/mol. The summed E-state index contributed by atoms with van der Waals surface area (Å²) in [6.45, 7) is 3.07. The van der Waals surface area contributed by atoms with Crippen molar-refractivity contribution in [1.29, 1.82) is 0 Å². The van der Waals surface area contributed by atoms with E-state index in [2.05, 4.69) is 17.2 Å². The van der Waals surface area contributed by atoms with Gasteiger partial charge in [0.15, 0.2) is 10.9 Å². The SMILES string of the molecule is Br.CCCCOc1ccc(C(=O)CNc2nc3ccccc3s2)cc1. The van der Waals surface area contributed by atoms with Crippen molar-refractivity contribution in [3.63, 3.8) is 0 Å². The first-order valence-electron chi connectivity index (χ1n) is 8.12. The van der Waals surface area contributed by atoms with Crippen LogP contribution >= 0.6 is 28.3 Å². The van der Waals surface area contributed by atoms with Crippen LogP contribution in [0.3, 0.4) is 0 Å². The number of fused-ring (bicyclic) bond motifs is 1. The van der Waals surface area contributed by atoms with E-state index < -0.39 is 0 Å². The van der Waals surface area contributed by atoms with Gasteiger partial charge in [-0.25, -0.2) is 4.98 Å². The maximum atomic E-state index is 12.3. The quantitative estimate of drug-likeness (QED) is 0.394. The standard InChI is InChI=1S/C19H20N2O2S.BrH/c1-2-3-12-23-15-10-8-14(9-11-15)17(22)13-20-19-21-16-6-4-5-7-18(16)24-19;/h4-11H,2-3,12-13H2,1H3,(H,20,21);1H. The third-order valence-electron chi connectivity index (χ3n) is 3.64. The van der Waals surface area contributed by atoms with Gasteiger partial charge in [-0.15, -0.1) is 17.0 Å². The Bertz CT molecular complexity index is 785. The van der Waals surface area contributed by atoms with Gasteiger partial charge in [0.25, 0.3) is 0 Å². The zero-order valence-electron chi connectivity index (χ0n) is 14.0. The molecule has 0 bridgehead atoms. The lowest BCUT2D eigenvalue weighted by Gasteiger charge is -2.06. The fourth-order valence-electron chi connectivity index (χ4n) is 2.28. The van der Waals surface area contributed by atoms with E-state index in [0.29, 0.717) is 12.2 Å². The van der Waals surface area contributed by atoms with Crippen molar-refractivity contribution >= 4 is 49.4 Å². The molecule has 0 aliphatic heterocycles. The molecular weight excluding hydrogens is 400 g/mol. The molecule has 3 aromatic rings. The molecule has 0 atom stereocenters.